The van der Waals surface area contributed by atoms with Gasteiger partial charge in [-0.2, -0.15) is 5.10 Å². The molecular weight excluding hydrogens is 136 g/mol. The van der Waals surface area contributed by atoms with Crippen molar-refractivity contribution in [1.29, 1.82) is 0 Å². The predicted octanol–water partition coefficient (Wildman–Crippen LogP) is 1.47. The maximum atomic E-state index is 4.29. The van der Waals surface area contributed by atoms with Crippen LogP contribution in [0.15, 0.2) is 6.20 Å². The first-order valence-corrected chi connectivity index (χ1v) is 4.37. The molecule has 2 atom stereocenters. The summed E-state index contributed by atoms with van der Waals surface area (Å²) in [5.74, 6) is 1.89. The van der Waals surface area contributed by atoms with E-state index in [2.05, 4.69) is 16.8 Å². The van der Waals surface area contributed by atoms with E-state index in [0.29, 0.717) is 0 Å². The lowest BCUT2D eigenvalue weighted by Gasteiger charge is -2.10. The lowest BCUT2D eigenvalue weighted by Crippen LogP contribution is -2.04. The molecule has 2 unspecified atom stereocenters. The highest BCUT2D eigenvalue weighted by atomic mass is 15.3. The van der Waals surface area contributed by atoms with Gasteiger partial charge >= 0.3 is 0 Å². The van der Waals surface area contributed by atoms with E-state index in [1.165, 1.54) is 30.5 Å². The van der Waals surface area contributed by atoms with Gasteiger partial charge in [-0.05, 0) is 30.7 Å². The molecule has 2 nitrogen and oxygen atoms in total. The van der Waals surface area contributed by atoms with Crippen LogP contribution in [-0.2, 0) is 13.5 Å². The Labute approximate surface area is 66.2 Å². The molecule has 2 heteroatoms. The van der Waals surface area contributed by atoms with E-state index in [1.807, 2.05) is 6.20 Å². The zero-order valence-electron chi connectivity index (χ0n) is 6.75. The summed E-state index contributed by atoms with van der Waals surface area (Å²) in [5, 5.41) is 4.29. The van der Waals surface area contributed by atoms with Crippen LogP contribution in [0.4, 0.5) is 0 Å². The van der Waals surface area contributed by atoms with Crippen molar-refractivity contribution < 1.29 is 0 Å². The molecule has 0 aromatic carbocycles. The second-order valence-corrected chi connectivity index (χ2v) is 3.82. The summed E-state index contributed by atoms with van der Waals surface area (Å²) in [6, 6.07) is 0. The van der Waals surface area contributed by atoms with E-state index >= 15 is 0 Å². The molecule has 1 fully saturated rings. The first-order valence-electron chi connectivity index (χ1n) is 4.37. The van der Waals surface area contributed by atoms with Crippen LogP contribution >= 0.6 is 0 Å². The number of nitrogens with zero attached hydrogens (tertiary/aromatic N) is 2. The van der Waals surface area contributed by atoms with Gasteiger partial charge in [0.15, 0.2) is 0 Å². The fourth-order valence-corrected chi connectivity index (χ4v) is 2.41. The first kappa shape index (κ1) is 5.81. The Kier molecular flexibility index (Phi) is 0.888. The molecule has 0 radical (unpaired) electrons. The van der Waals surface area contributed by atoms with Crippen molar-refractivity contribution in [2.75, 3.05) is 0 Å². The summed E-state index contributed by atoms with van der Waals surface area (Å²) >= 11 is 0. The van der Waals surface area contributed by atoms with Crippen molar-refractivity contribution in [3.63, 3.8) is 0 Å². The fraction of sp³-hybridized carbons (Fsp3) is 0.667. The van der Waals surface area contributed by atoms with Gasteiger partial charge in [-0.15, -0.1) is 0 Å². The van der Waals surface area contributed by atoms with Gasteiger partial charge in [0, 0.05) is 18.7 Å². The topological polar surface area (TPSA) is 17.8 Å². The van der Waals surface area contributed by atoms with Crippen molar-refractivity contribution in [3.8, 4) is 0 Å². The Morgan fingerprint density at radius 1 is 1.64 bits per heavy atom. The van der Waals surface area contributed by atoms with Gasteiger partial charge in [0.25, 0.3) is 0 Å². The van der Waals surface area contributed by atoms with Crippen LogP contribution in [0, 0.1) is 5.92 Å². The van der Waals surface area contributed by atoms with Crippen LogP contribution < -0.4 is 0 Å². The van der Waals surface area contributed by atoms with Crippen LogP contribution in [-0.4, -0.2) is 9.78 Å². The third kappa shape index (κ3) is 0.647. The highest BCUT2D eigenvalue weighted by Crippen LogP contribution is 2.54. The van der Waals surface area contributed by atoms with Gasteiger partial charge in [0.05, 0.1) is 6.20 Å². The molecule has 1 aromatic rings. The number of aromatic nitrogens is 2. The molecule has 0 amide bonds. The molecule has 2 aliphatic carbocycles. The molecule has 1 heterocycles. The second-order valence-electron chi connectivity index (χ2n) is 3.82. The SMILES string of the molecule is Cn1ncc2c1C1CC1CC2. The molecule has 3 rings (SSSR count). The summed E-state index contributed by atoms with van der Waals surface area (Å²) in [4.78, 5) is 0. The maximum absolute atomic E-state index is 4.29. The third-order valence-electron chi connectivity index (χ3n) is 3.12. The van der Waals surface area contributed by atoms with Gasteiger partial charge in [-0.3, -0.25) is 4.68 Å². The van der Waals surface area contributed by atoms with Crippen LogP contribution in [0.2, 0.25) is 0 Å². The standard InChI is InChI=1S/C9H12N2/c1-11-9-7(5-10-11)3-2-6-4-8(6)9/h5-6,8H,2-4H2,1H3. The molecule has 0 N–H and O–H groups in total. The zero-order chi connectivity index (χ0) is 7.42. The quantitative estimate of drug-likeness (QED) is 0.544. The highest BCUT2D eigenvalue weighted by Gasteiger charge is 2.44. The Bertz CT molecular complexity index is 301. The normalized spacial score (nSPS) is 32.8. The monoisotopic (exact) mass is 148 g/mol. The predicted molar refractivity (Wildman–Crippen MR) is 42.4 cm³/mol. The van der Waals surface area contributed by atoms with E-state index in [-0.39, 0.29) is 0 Å². The fourth-order valence-electron chi connectivity index (χ4n) is 2.41. The third-order valence-corrected chi connectivity index (χ3v) is 3.12. The number of fused-ring (bicyclic) bond motifs is 3. The molecule has 2 aliphatic rings. The summed E-state index contributed by atoms with van der Waals surface area (Å²) in [6.45, 7) is 0. The van der Waals surface area contributed by atoms with Gasteiger partial charge < -0.3 is 0 Å². The molecule has 1 saturated carbocycles. The van der Waals surface area contributed by atoms with Gasteiger partial charge in [-0.1, -0.05) is 0 Å². The molecule has 0 aliphatic heterocycles. The van der Waals surface area contributed by atoms with Gasteiger partial charge in [-0.25, -0.2) is 0 Å². The molecule has 11 heavy (non-hydrogen) atoms. The molecule has 0 bridgehead atoms. The van der Waals surface area contributed by atoms with Crippen LogP contribution in [0.1, 0.15) is 30.0 Å². The molecule has 58 valence electrons. The van der Waals surface area contributed by atoms with E-state index in [0.717, 1.165) is 11.8 Å². The Morgan fingerprint density at radius 3 is 3.45 bits per heavy atom. The average molecular weight is 148 g/mol. The second kappa shape index (κ2) is 1.68. The van der Waals surface area contributed by atoms with E-state index < -0.39 is 0 Å². The Hall–Kier alpha value is -0.790. The lowest BCUT2D eigenvalue weighted by molar-refractivity contribution is 0.624. The summed E-state index contributed by atoms with van der Waals surface area (Å²) in [5.41, 5.74) is 3.03. The van der Waals surface area contributed by atoms with E-state index in [9.17, 15) is 0 Å². The summed E-state index contributed by atoms with van der Waals surface area (Å²) in [6.07, 6.45) is 6.14. The zero-order valence-corrected chi connectivity index (χ0v) is 6.75. The number of hydrogen-bond donors (Lipinski definition) is 0. The lowest BCUT2D eigenvalue weighted by atomic mass is 9.98. The van der Waals surface area contributed by atoms with Crippen molar-refractivity contribution >= 4 is 0 Å². The van der Waals surface area contributed by atoms with Crippen molar-refractivity contribution in [2.45, 2.75) is 25.2 Å². The summed E-state index contributed by atoms with van der Waals surface area (Å²) in [7, 11) is 2.07. The molecule has 0 spiro atoms. The largest absolute Gasteiger partial charge is 0.272 e. The molecule has 1 aromatic heterocycles. The molecular formula is C9H12N2. The Morgan fingerprint density at radius 2 is 2.55 bits per heavy atom. The number of aryl methyl sites for hydroxylation is 2. The van der Waals surface area contributed by atoms with Crippen LogP contribution in [0.3, 0.4) is 0 Å². The number of hydrogen-bond acceptors (Lipinski definition) is 1. The minimum Gasteiger partial charge on any atom is -0.272 e. The smallest absolute Gasteiger partial charge is 0.0524 e. The van der Waals surface area contributed by atoms with Gasteiger partial charge in [0.1, 0.15) is 0 Å². The Balaban J connectivity index is 2.18. The summed E-state index contributed by atoms with van der Waals surface area (Å²) < 4.78 is 2.07. The van der Waals surface area contributed by atoms with E-state index in [1.54, 1.807) is 0 Å². The molecule has 0 saturated heterocycles. The van der Waals surface area contributed by atoms with Crippen molar-refractivity contribution in [2.24, 2.45) is 13.0 Å². The van der Waals surface area contributed by atoms with Crippen LogP contribution in [0.5, 0.6) is 0 Å². The van der Waals surface area contributed by atoms with Crippen LogP contribution in [0.25, 0.3) is 0 Å². The first-order chi connectivity index (χ1) is 5.36. The minimum absolute atomic E-state index is 0.881. The van der Waals surface area contributed by atoms with Crippen molar-refractivity contribution in [1.82, 2.24) is 9.78 Å². The van der Waals surface area contributed by atoms with Gasteiger partial charge in [0.2, 0.25) is 0 Å². The van der Waals surface area contributed by atoms with E-state index in [4.69, 9.17) is 0 Å². The highest BCUT2D eigenvalue weighted by molar-refractivity contribution is 5.31. The van der Waals surface area contributed by atoms with Crippen molar-refractivity contribution in [3.05, 3.63) is 17.5 Å². The maximum Gasteiger partial charge on any atom is 0.0524 e. The number of rotatable bonds is 0. The average Bonchev–Trinajstić information content (AvgIpc) is 2.71. The minimum atomic E-state index is 0.881.